The van der Waals surface area contributed by atoms with Gasteiger partial charge in [-0.2, -0.15) is 25.3 Å². The molecule has 188 valence electrons. The summed E-state index contributed by atoms with van der Waals surface area (Å²) >= 11 is 9.36. The third-order valence-corrected chi connectivity index (χ3v) is 8.67. The maximum absolute atomic E-state index is 12.6. The van der Waals surface area contributed by atoms with Gasteiger partial charge in [0, 0.05) is 6.16 Å². The molecule has 0 spiro atoms. The molecule has 0 aliphatic rings. The molecule has 0 radical (unpaired) electrons. The van der Waals surface area contributed by atoms with E-state index in [4.69, 9.17) is 10.5 Å². The minimum atomic E-state index is -1.93. The van der Waals surface area contributed by atoms with Crippen LogP contribution in [-0.4, -0.2) is 42.2 Å². The molecule has 0 aliphatic carbocycles. The van der Waals surface area contributed by atoms with Crippen LogP contribution in [0.3, 0.4) is 0 Å². The van der Waals surface area contributed by atoms with Crippen LogP contribution < -0.4 is 5.73 Å². The molecule has 0 fully saturated rings. The van der Waals surface area contributed by atoms with Gasteiger partial charge in [0.15, 0.2) is 11.5 Å². The smallest absolute Gasteiger partial charge is 0.165 e. The molecule has 2 aromatic rings. The molecule has 2 atom stereocenters. The Bertz CT molecular complexity index is 849. The van der Waals surface area contributed by atoms with Crippen molar-refractivity contribution in [3.05, 3.63) is 12.7 Å². The number of ether oxygens (including phenoxy) is 1. The van der Waals surface area contributed by atoms with Crippen LogP contribution in [-0.2, 0) is 15.8 Å². The maximum Gasteiger partial charge on any atom is 0.165 e. The lowest BCUT2D eigenvalue weighted by Crippen LogP contribution is -2.19. The van der Waals surface area contributed by atoms with E-state index in [0.717, 1.165) is 12.8 Å². The summed E-state index contributed by atoms with van der Waals surface area (Å²) in [5.74, 6) is 0.360. The lowest BCUT2D eigenvalue weighted by Gasteiger charge is -2.23. The molecule has 10 heteroatoms. The summed E-state index contributed by atoms with van der Waals surface area (Å²) in [6.45, 7) is 4.75. The Labute approximate surface area is 210 Å². The van der Waals surface area contributed by atoms with Crippen LogP contribution in [0.5, 0.6) is 0 Å². The Morgan fingerprint density at radius 1 is 1.06 bits per heavy atom. The molecule has 2 rings (SSSR count). The first-order valence-corrected chi connectivity index (χ1v) is 15.0. The number of anilines is 1. The fraction of sp³-hybridized carbons (Fsp3) is 0.783. The number of hydrogen-bond acceptors (Lipinski definition) is 8. The topological polar surface area (TPSA) is 95.9 Å². The number of aromatic nitrogens is 4. The van der Waals surface area contributed by atoms with Crippen molar-refractivity contribution >= 4 is 50.0 Å². The van der Waals surface area contributed by atoms with Gasteiger partial charge in [0.05, 0.1) is 29.4 Å². The summed E-state index contributed by atoms with van der Waals surface area (Å²) in [6, 6.07) is 0. The van der Waals surface area contributed by atoms with E-state index in [1.54, 1.807) is 6.33 Å². The summed E-state index contributed by atoms with van der Waals surface area (Å²) < 4.78 is 19.8. The molecule has 0 aromatic carbocycles. The Morgan fingerprint density at radius 3 is 2.36 bits per heavy atom. The maximum atomic E-state index is 12.6. The molecule has 0 amide bonds. The Morgan fingerprint density at radius 2 is 1.70 bits per heavy atom. The average molecular weight is 516 g/mol. The second-order valence-corrected chi connectivity index (χ2v) is 12.9. The van der Waals surface area contributed by atoms with Gasteiger partial charge in [0.1, 0.15) is 19.6 Å². The van der Waals surface area contributed by atoms with Gasteiger partial charge in [-0.3, -0.25) is 0 Å². The molecular weight excluding hydrogens is 473 g/mol. The van der Waals surface area contributed by atoms with Crippen molar-refractivity contribution < 1.29 is 9.30 Å². The standard InChI is InChI=1S/C23H42N5O2PS2/c1-3-4-5-6-7-8-9-10-11-12-13-23(32,33)15-31(29)18-30-19(2)14-28-17-27-20-21(24)25-16-26-22(20)28/h16-17,19,31-33H,3-15,18H2,1-2H3,(H2,24,25,26)/t19-/m1/s1. The molecule has 0 saturated carbocycles. The van der Waals surface area contributed by atoms with Crippen LogP contribution in [0.15, 0.2) is 12.7 Å². The van der Waals surface area contributed by atoms with E-state index in [1.807, 2.05) is 11.5 Å². The van der Waals surface area contributed by atoms with Crippen molar-refractivity contribution in [3.8, 4) is 0 Å². The lowest BCUT2D eigenvalue weighted by molar-refractivity contribution is 0.0880. The number of nitrogens with zero attached hydrogens (tertiary/aromatic N) is 4. The second-order valence-electron chi connectivity index (χ2n) is 9.08. The Balaban J connectivity index is 1.59. The fourth-order valence-corrected chi connectivity index (χ4v) is 6.70. The summed E-state index contributed by atoms with van der Waals surface area (Å²) in [6.07, 6.45) is 17.5. The average Bonchev–Trinajstić information content (AvgIpc) is 3.17. The van der Waals surface area contributed by atoms with Gasteiger partial charge >= 0.3 is 0 Å². The predicted octanol–water partition coefficient (Wildman–Crippen LogP) is 6.20. The monoisotopic (exact) mass is 515 g/mol. The molecule has 2 aromatic heterocycles. The van der Waals surface area contributed by atoms with E-state index in [9.17, 15) is 4.57 Å². The van der Waals surface area contributed by atoms with E-state index in [0.29, 0.717) is 29.7 Å². The van der Waals surface area contributed by atoms with Crippen molar-refractivity contribution in [2.45, 2.75) is 101 Å². The van der Waals surface area contributed by atoms with E-state index in [1.165, 1.54) is 64.1 Å². The zero-order valence-corrected chi connectivity index (χ0v) is 23.0. The van der Waals surface area contributed by atoms with Gasteiger partial charge in [0.25, 0.3) is 0 Å². The summed E-state index contributed by atoms with van der Waals surface area (Å²) in [7, 11) is -1.93. The molecule has 7 nitrogen and oxygen atoms in total. The zero-order chi connectivity index (χ0) is 24.1. The highest BCUT2D eigenvalue weighted by atomic mass is 32.2. The van der Waals surface area contributed by atoms with E-state index in [2.05, 4.69) is 47.1 Å². The molecule has 0 bridgehead atoms. The van der Waals surface area contributed by atoms with Crippen molar-refractivity contribution in [1.29, 1.82) is 0 Å². The van der Waals surface area contributed by atoms with Crippen LogP contribution in [0, 0.1) is 0 Å². The normalized spacial score (nSPS) is 14.1. The molecule has 0 aliphatic heterocycles. The highest BCUT2D eigenvalue weighted by Crippen LogP contribution is 2.37. The zero-order valence-electron chi connectivity index (χ0n) is 20.2. The first-order chi connectivity index (χ1) is 15.8. The number of nitrogens with two attached hydrogens (primary N) is 1. The Kier molecular flexibility index (Phi) is 13.2. The molecular formula is C23H42N5O2PS2. The number of thiol groups is 2. The highest BCUT2D eigenvalue weighted by molar-refractivity contribution is 8.01. The van der Waals surface area contributed by atoms with Gasteiger partial charge in [-0.25, -0.2) is 15.0 Å². The first kappa shape index (κ1) is 28.5. The lowest BCUT2D eigenvalue weighted by atomic mass is 10.1. The number of fused-ring (bicyclic) bond motifs is 1. The van der Waals surface area contributed by atoms with E-state index >= 15 is 0 Å². The van der Waals surface area contributed by atoms with Crippen molar-refractivity contribution in [2.75, 3.05) is 18.2 Å². The molecule has 1 unspecified atom stereocenters. The quantitative estimate of drug-likeness (QED) is 0.0947. The van der Waals surface area contributed by atoms with Crippen LogP contribution in [0.1, 0.15) is 84.5 Å². The number of imidazole rings is 1. The third-order valence-electron chi connectivity index (χ3n) is 5.82. The van der Waals surface area contributed by atoms with Gasteiger partial charge in [-0.15, -0.1) is 0 Å². The SMILES string of the molecule is CCCCCCCCCCCCC(S)(S)C[PH](=O)CO[C@H](C)Cn1cnc2c(N)ncnc21. The van der Waals surface area contributed by atoms with Crippen molar-refractivity contribution in [2.24, 2.45) is 0 Å². The van der Waals surface area contributed by atoms with E-state index < -0.39 is 11.9 Å². The molecule has 0 saturated heterocycles. The summed E-state index contributed by atoms with van der Waals surface area (Å²) in [5.41, 5.74) is 7.09. The fourth-order valence-electron chi connectivity index (χ4n) is 3.95. The predicted molar refractivity (Wildman–Crippen MR) is 146 cm³/mol. The minimum absolute atomic E-state index is 0.135. The molecule has 2 N–H and O–H groups in total. The molecule has 2 heterocycles. The van der Waals surface area contributed by atoms with Crippen molar-refractivity contribution in [3.63, 3.8) is 0 Å². The number of nitrogen functional groups attached to an aromatic ring is 1. The largest absolute Gasteiger partial charge is 0.382 e. The molecule has 33 heavy (non-hydrogen) atoms. The number of rotatable bonds is 18. The first-order valence-electron chi connectivity index (χ1n) is 12.3. The Hall–Kier alpha value is -0.760. The van der Waals surface area contributed by atoms with Gasteiger partial charge in [0.2, 0.25) is 0 Å². The van der Waals surface area contributed by atoms with Crippen LogP contribution in [0.25, 0.3) is 11.2 Å². The summed E-state index contributed by atoms with van der Waals surface area (Å²) in [5, 5.41) is 0. The van der Waals surface area contributed by atoms with Crippen molar-refractivity contribution in [1.82, 2.24) is 19.5 Å². The van der Waals surface area contributed by atoms with E-state index in [-0.39, 0.29) is 12.5 Å². The number of hydrogen-bond donors (Lipinski definition) is 3. The highest BCUT2D eigenvalue weighted by Gasteiger charge is 2.23. The van der Waals surface area contributed by atoms with Crippen LogP contribution in [0.2, 0.25) is 0 Å². The van der Waals surface area contributed by atoms with Crippen LogP contribution in [0.4, 0.5) is 5.82 Å². The van der Waals surface area contributed by atoms with Crippen LogP contribution >= 0.6 is 33.1 Å². The minimum Gasteiger partial charge on any atom is -0.382 e. The van der Waals surface area contributed by atoms with Gasteiger partial charge in [-0.05, 0) is 13.3 Å². The summed E-state index contributed by atoms with van der Waals surface area (Å²) in [4.78, 5) is 12.5. The second kappa shape index (κ2) is 15.3. The van der Waals surface area contributed by atoms with Gasteiger partial charge in [-0.1, -0.05) is 71.1 Å². The van der Waals surface area contributed by atoms with Gasteiger partial charge < -0.3 is 19.6 Å². The number of unbranched alkanes of at least 4 members (excludes halogenated alkanes) is 9. The third kappa shape index (κ3) is 11.0.